The van der Waals surface area contributed by atoms with Crippen LogP contribution in [0.5, 0.6) is 0 Å². The summed E-state index contributed by atoms with van der Waals surface area (Å²) in [7, 11) is 0. The molecular formula is C6H8N2. The molecule has 0 spiro atoms. The maximum Gasteiger partial charge on any atom is 0.121 e. The molecule has 8 heavy (non-hydrogen) atoms. The Hall–Kier alpha value is -0.630. The van der Waals surface area contributed by atoms with Gasteiger partial charge in [0.05, 0.1) is 0 Å². The van der Waals surface area contributed by atoms with Gasteiger partial charge in [0.15, 0.2) is 0 Å². The van der Waals surface area contributed by atoms with Crippen molar-refractivity contribution in [3.63, 3.8) is 0 Å². The molecule has 0 aromatic carbocycles. The highest BCUT2D eigenvalue weighted by molar-refractivity contribution is 5.63. The van der Waals surface area contributed by atoms with Crippen molar-refractivity contribution < 1.29 is 0 Å². The molecule has 2 heteroatoms. The molecular weight excluding hydrogens is 100 g/mol. The molecule has 0 bridgehead atoms. The fourth-order valence-electron chi connectivity index (χ4n) is 1.13. The normalized spacial score (nSPS) is 34.2. The molecule has 0 aliphatic carbocycles. The van der Waals surface area contributed by atoms with E-state index in [9.17, 15) is 0 Å². The van der Waals surface area contributed by atoms with E-state index in [0.29, 0.717) is 6.17 Å². The second kappa shape index (κ2) is 1.42. The van der Waals surface area contributed by atoms with E-state index < -0.39 is 0 Å². The van der Waals surface area contributed by atoms with Crippen molar-refractivity contribution in [3.8, 4) is 0 Å². The van der Waals surface area contributed by atoms with E-state index in [0.717, 1.165) is 13.1 Å². The van der Waals surface area contributed by atoms with E-state index >= 15 is 0 Å². The second-order valence-corrected chi connectivity index (χ2v) is 2.13. The summed E-state index contributed by atoms with van der Waals surface area (Å²) in [6.45, 7) is 2.13. The lowest BCUT2D eigenvalue weighted by molar-refractivity contribution is 0.343. The van der Waals surface area contributed by atoms with Crippen LogP contribution >= 0.6 is 0 Å². The Bertz CT molecular complexity index is 133. The van der Waals surface area contributed by atoms with E-state index in [4.69, 9.17) is 0 Å². The smallest absolute Gasteiger partial charge is 0.121 e. The van der Waals surface area contributed by atoms with Crippen LogP contribution in [0.4, 0.5) is 0 Å². The summed E-state index contributed by atoms with van der Waals surface area (Å²) >= 11 is 0. The maximum absolute atomic E-state index is 4.21. The van der Waals surface area contributed by atoms with E-state index in [1.165, 1.54) is 0 Å². The third-order valence-electron chi connectivity index (χ3n) is 1.60. The van der Waals surface area contributed by atoms with Crippen molar-refractivity contribution >= 4 is 6.21 Å². The zero-order chi connectivity index (χ0) is 5.40. The van der Waals surface area contributed by atoms with Gasteiger partial charge in [-0.05, 0) is 6.08 Å². The van der Waals surface area contributed by atoms with Crippen LogP contribution in [0, 0.1) is 0 Å². The van der Waals surface area contributed by atoms with Gasteiger partial charge in [0, 0.05) is 19.3 Å². The van der Waals surface area contributed by atoms with E-state index in [1.807, 2.05) is 6.21 Å². The molecule has 2 nitrogen and oxygen atoms in total. The topological polar surface area (TPSA) is 15.6 Å². The molecule has 0 saturated carbocycles. The minimum Gasteiger partial charge on any atom is -0.273 e. The molecule has 0 aromatic rings. The van der Waals surface area contributed by atoms with Gasteiger partial charge < -0.3 is 0 Å². The summed E-state index contributed by atoms with van der Waals surface area (Å²) < 4.78 is 0. The van der Waals surface area contributed by atoms with Crippen LogP contribution in [0.1, 0.15) is 0 Å². The van der Waals surface area contributed by atoms with Crippen LogP contribution in [0.2, 0.25) is 0 Å². The van der Waals surface area contributed by atoms with Gasteiger partial charge in [0.25, 0.3) is 0 Å². The molecule has 1 atom stereocenters. The predicted molar refractivity (Wildman–Crippen MR) is 33.0 cm³/mol. The molecule has 0 radical (unpaired) electrons. The molecule has 1 unspecified atom stereocenters. The average molecular weight is 108 g/mol. The van der Waals surface area contributed by atoms with Gasteiger partial charge in [-0.25, -0.2) is 0 Å². The number of fused-ring (bicyclic) bond motifs is 1. The lowest BCUT2D eigenvalue weighted by Crippen LogP contribution is -2.23. The highest BCUT2D eigenvalue weighted by Crippen LogP contribution is 2.12. The third kappa shape index (κ3) is 0.434. The Kier molecular flexibility index (Phi) is 0.758. The number of rotatable bonds is 0. The fraction of sp³-hybridized carbons (Fsp3) is 0.500. The maximum atomic E-state index is 4.21. The van der Waals surface area contributed by atoms with Crippen molar-refractivity contribution in [2.24, 2.45) is 4.99 Å². The van der Waals surface area contributed by atoms with Gasteiger partial charge in [-0.2, -0.15) is 0 Å². The second-order valence-electron chi connectivity index (χ2n) is 2.13. The van der Waals surface area contributed by atoms with Crippen LogP contribution in [0.3, 0.4) is 0 Å². The van der Waals surface area contributed by atoms with Crippen LogP contribution < -0.4 is 0 Å². The van der Waals surface area contributed by atoms with Crippen molar-refractivity contribution in [1.29, 1.82) is 0 Å². The number of hydrogen-bond acceptors (Lipinski definition) is 2. The first kappa shape index (κ1) is 4.27. The average Bonchev–Trinajstić information content (AvgIpc) is 2.15. The van der Waals surface area contributed by atoms with Crippen LogP contribution in [0.15, 0.2) is 17.1 Å². The standard InChI is InChI=1S/C6H8N2/c1-2-6-7-3-5-8(6)4-1/h1-3,6H,4-5H2. The van der Waals surface area contributed by atoms with Gasteiger partial charge in [-0.1, -0.05) is 6.08 Å². The fourth-order valence-corrected chi connectivity index (χ4v) is 1.13. The van der Waals surface area contributed by atoms with Gasteiger partial charge in [0.2, 0.25) is 0 Å². The van der Waals surface area contributed by atoms with Crippen LogP contribution in [-0.4, -0.2) is 30.4 Å². The molecule has 42 valence electrons. The van der Waals surface area contributed by atoms with Crippen LogP contribution in [0.25, 0.3) is 0 Å². The summed E-state index contributed by atoms with van der Waals surface area (Å²) in [5.74, 6) is 0. The molecule has 2 rings (SSSR count). The molecule has 2 heterocycles. The minimum absolute atomic E-state index is 0.398. The first-order valence-electron chi connectivity index (χ1n) is 2.89. The molecule has 0 saturated heterocycles. The van der Waals surface area contributed by atoms with Crippen LogP contribution in [-0.2, 0) is 0 Å². The van der Waals surface area contributed by atoms with Gasteiger partial charge in [-0.3, -0.25) is 9.89 Å². The van der Waals surface area contributed by atoms with E-state index in [2.05, 4.69) is 22.0 Å². The summed E-state index contributed by atoms with van der Waals surface area (Å²) in [6.07, 6.45) is 6.69. The molecule has 0 N–H and O–H groups in total. The Morgan fingerprint density at radius 3 is 3.38 bits per heavy atom. The van der Waals surface area contributed by atoms with Crippen molar-refractivity contribution in [3.05, 3.63) is 12.2 Å². The largest absolute Gasteiger partial charge is 0.273 e. The molecule has 0 aromatic heterocycles. The lowest BCUT2D eigenvalue weighted by atomic mass is 10.5. The van der Waals surface area contributed by atoms with Crippen molar-refractivity contribution in [2.75, 3.05) is 13.1 Å². The first-order valence-corrected chi connectivity index (χ1v) is 2.89. The third-order valence-corrected chi connectivity index (χ3v) is 1.60. The number of nitrogens with zero attached hydrogens (tertiary/aromatic N) is 2. The van der Waals surface area contributed by atoms with Gasteiger partial charge in [-0.15, -0.1) is 0 Å². The minimum atomic E-state index is 0.398. The van der Waals surface area contributed by atoms with E-state index in [1.54, 1.807) is 0 Å². The van der Waals surface area contributed by atoms with Crippen molar-refractivity contribution in [2.45, 2.75) is 6.17 Å². The first-order chi connectivity index (χ1) is 3.97. The van der Waals surface area contributed by atoms with Gasteiger partial charge in [0.1, 0.15) is 6.17 Å². The highest BCUT2D eigenvalue weighted by atomic mass is 15.3. The summed E-state index contributed by atoms with van der Waals surface area (Å²) in [4.78, 5) is 6.52. The zero-order valence-corrected chi connectivity index (χ0v) is 4.62. The Morgan fingerprint density at radius 2 is 2.50 bits per heavy atom. The summed E-state index contributed by atoms with van der Waals surface area (Å²) in [5, 5.41) is 0. The summed E-state index contributed by atoms with van der Waals surface area (Å²) in [5.41, 5.74) is 0. The lowest BCUT2D eigenvalue weighted by Gasteiger charge is -2.10. The predicted octanol–water partition coefficient (Wildman–Crippen LogP) is 0.269. The molecule has 0 amide bonds. The van der Waals surface area contributed by atoms with E-state index in [-0.39, 0.29) is 0 Å². The zero-order valence-electron chi connectivity index (χ0n) is 4.62. The molecule has 2 aliphatic heterocycles. The number of aliphatic imine (C=N–C) groups is 1. The highest BCUT2D eigenvalue weighted by Gasteiger charge is 2.20. The Balaban J connectivity index is 2.22. The quantitative estimate of drug-likeness (QED) is 0.407. The van der Waals surface area contributed by atoms with Crippen molar-refractivity contribution in [1.82, 2.24) is 4.90 Å². The monoisotopic (exact) mass is 108 g/mol. The Labute approximate surface area is 48.5 Å². The molecule has 0 fully saturated rings. The summed E-state index contributed by atoms with van der Waals surface area (Å²) in [6, 6.07) is 0. The SMILES string of the molecule is C1=CC2N=CCN2C1. The Morgan fingerprint density at radius 1 is 1.50 bits per heavy atom. The number of hydrogen-bond donors (Lipinski definition) is 0. The molecule has 2 aliphatic rings. The van der Waals surface area contributed by atoms with Gasteiger partial charge >= 0.3 is 0 Å².